The molecule has 3 rings (SSSR count). The van der Waals surface area contributed by atoms with Gasteiger partial charge in [-0.05, 0) is 25.3 Å². The Bertz CT molecular complexity index is 765. The van der Waals surface area contributed by atoms with Crippen molar-refractivity contribution in [2.24, 2.45) is 0 Å². The summed E-state index contributed by atoms with van der Waals surface area (Å²) in [6.07, 6.45) is 3.41. The summed E-state index contributed by atoms with van der Waals surface area (Å²) in [6.45, 7) is 2.03. The normalized spacial score (nSPS) is 12.7. The van der Waals surface area contributed by atoms with Crippen molar-refractivity contribution in [2.45, 2.75) is 25.8 Å². The molecule has 0 radical (unpaired) electrons. The van der Waals surface area contributed by atoms with E-state index < -0.39 is 0 Å². The van der Waals surface area contributed by atoms with Crippen LogP contribution in [0.15, 0.2) is 41.5 Å². The van der Waals surface area contributed by atoms with Crippen LogP contribution in [0.1, 0.15) is 24.9 Å². The van der Waals surface area contributed by atoms with E-state index >= 15 is 0 Å². The standard InChI is InChI=1S/C14H14N4OS/c1-10(7-8-11-5-3-2-4-6-11)18-9-15-13-12(14(18)19)16-17-20-13/h2-6,9-10H,7-8H2,1H3/t10-/m0/s1. The Hall–Kier alpha value is -2.08. The molecule has 0 unspecified atom stereocenters. The number of hydrogen-bond acceptors (Lipinski definition) is 5. The maximum atomic E-state index is 12.3. The van der Waals surface area contributed by atoms with Gasteiger partial charge < -0.3 is 0 Å². The van der Waals surface area contributed by atoms with E-state index in [1.165, 1.54) is 5.56 Å². The highest BCUT2D eigenvalue weighted by atomic mass is 32.1. The van der Waals surface area contributed by atoms with Gasteiger partial charge in [-0.3, -0.25) is 9.36 Å². The van der Waals surface area contributed by atoms with E-state index in [2.05, 4.69) is 26.7 Å². The number of rotatable bonds is 4. The molecule has 0 bridgehead atoms. The summed E-state index contributed by atoms with van der Waals surface area (Å²) in [7, 11) is 0. The number of fused-ring (bicyclic) bond motifs is 1. The van der Waals surface area contributed by atoms with E-state index in [1.807, 2.05) is 25.1 Å². The lowest BCUT2D eigenvalue weighted by atomic mass is 10.1. The fourth-order valence-electron chi connectivity index (χ4n) is 2.17. The predicted octanol–water partition coefficient (Wildman–Crippen LogP) is 2.44. The van der Waals surface area contributed by atoms with Crippen molar-refractivity contribution in [1.82, 2.24) is 19.1 Å². The zero-order valence-corrected chi connectivity index (χ0v) is 11.9. The van der Waals surface area contributed by atoms with Crippen molar-refractivity contribution in [3.05, 3.63) is 52.6 Å². The zero-order valence-electron chi connectivity index (χ0n) is 11.1. The molecule has 0 N–H and O–H groups in total. The summed E-state index contributed by atoms with van der Waals surface area (Å²) < 4.78 is 5.42. The molecule has 20 heavy (non-hydrogen) atoms. The Morgan fingerprint density at radius 2 is 2.10 bits per heavy atom. The van der Waals surface area contributed by atoms with Gasteiger partial charge in [-0.25, -0.2) is 4.98 Å². The lowest BCUT2D eigenvalue weighted by molar-refractivity contribution is 0.489. The predicted molar refractivity (Wildman–Crippen MR) is 78.9 cm³/mol. The molecule has 1 atom stereocenters. The minimum Gasteiger partial charge on any atom is -0.294 e. The first-order valence-corrected chi connectivity index (χ1v) is 7.26. The fraction of sp³-hybridized carbons (Fsp3) is 0.286. The Morgan fingerprint density at radius 3 is 2.90 bits per heavy atom. The summed E-state index contributed by atoms with van der Waals surface area (Å²) >= 11 is 1.15. The van der Waals surface area contributed by atoms with E-state index in [4.69, 9.17) is 0 Å². The topological polar surface area (TPSA) is 60.7 Å². The van der Waals surface area contributed by atoms with Crippen molar-refractivity contribution in [3.8, 4) is 0 Å². The third kappa shape index (κ3) is 2.46. The molecule has 6 heteroatoms. The highest BCUT2D eigenvalue weighted by Gasteiger charge is 2.12. The molecule has 3 aromatic rings. The molecule has 0 fully saturated rings. The fourth-order valence-corrected chi connectivity index (χ4v) is 2.68. The molecule has 1 aromatic carbocycles. The number of aromatic nitrogens is 4. The Balaban J connectivity index is 1.80. The molecular weight excluding hydrogens is 272 g/mol. The lowest BCUT2D eigenvalue weighted by Gasteiger charge is -2.14. The minimum atomic E-state index is -0.107. The first-order chi connectivity index (χ1) is 9.75. The van der Waals surface area contributed by atoms with E-state index in [0.29, 0.717) is 10.3 Å². The molecule has 0 saturated heterocycles. The van der Waals surface area contributed by atoms with Gasteiger partial charge in [0.1, 0.15) is 0 Å². The zero-order chi connectivity index (χ0) is 13.9. The summed E-state index contributed by atoms with van der Waals surface area (Å²) in [5.41, 5.74) is 1.53. The number of hydrogen-bond donors (Lipinski definition) is 0. The largest absolute Gasteiger partial charge is 0.294 e. The maximum absolute atomic E-state index is 12.3. The second-order valence-electron chi connectivity index (χ2n) is 4.76. The van der Waals surface area contributed by atoms with Crippen LogP contribution in [0.25, 0.3) is 10.3 Å². The Kier molecular flexibility index (Phi) is 3.56. The van der Waals surface area contributed by atoms with Crippen molar-refractivity contribution in [3.63, 3.8) is 0 Å². The Morgan fingerprint density at radius 1 is 1.30 bits per heavy atom. The van der Waals surface area contributed by atoms with Gasteiger partial charge in [-0.2, -0.15) is 0 Å². The van der Waals surface area contributed by atoms with Crippen LogP contribution in [0.2, 0.25) is 0 Å². The van der Waals surface area contributed by atoms with Gasteiger partial charge in [-0.1, -0.05) is 34.8 Å². The first kappa shape index (κ1) is 12.9. The average Bonchev–Trinajstić information content (AvgIpc) is 2.96. The summed E-state index contributed by atoms with van der Waals surface area (Å²) in [5, 5.41) is 3.85. The van der Waals surface area contributed by atoms with Crippen LogP contribution >= 0.6 is 11.5 Å². The van der Waals surface area contributed by atoms with Crippen LogP contribution in [-0.4, -0.2) is 19.1 Å². The molecule has 102 valence electrons. The van der Waals surface area contributed by atoms with Gasteiger partial charge in [0.15, 0.2) is 10.3 Å². The lowest BCUT2D eigenvalue weighted by Crippen LogP contribution is -2.24. The molecule has 0 saturated carbocycles. The maximum Gasteiger partial charge on any atom is 0.282 e. The van der Waals surface area contributed by atoms with E-state index in [-0.39, 0.29) is 11.6 Å². The highest BCUT2D eigenvalue weighted by Crippen LogP contribution is 2.14. The molecular formula is C14H14N4OS. The van der Waals surface area contributed by atoms with Crippen LogP contribution in [0, 0.1) is 0 Å². The molecule has 0 amide bonds. The Labute approximate surface area is 120 Å². The summed E-state index contributed by atoms with van der Waals surface area (Å²) in [5.74, 6) is 0. The van der Waals surface area contributed by atoms with Gasteiger partial charge in [0.25, 0.3) is 5.56 Å². The molecule has 0 aliphatic carbocycles. The van der Waals surface area contributed by atoms with Crippen molar-refractivity contribution >= 4 is 21.9 Å². The number of benzene rings is 1. The van der Waals surface area contributed by atoms with E-state index in [1.54, 1.807) is 10.9 Å². The van der Waals surface area contributed by atoms with E-state index in [0.717, 1.165) is 24.4 Å². The van der Waals surface area contributed by atoms with Gasteiger partial charge in [0.05, 0.1) is 6.33 Å². The van der Waals surface area contributed by atoms with Gasteiger partial charge in [-0.15, -0.1) is 5.10 Å². The van der Waals surface area contributed by atoms with Crippen molar-refractivity contribution in [1.29, 1.82) is 0 Å². The monoisotopic (exact) mass is 286 g/mol. The summed E-state index contributed by atoms with van der Waals surface area (Å²) in [6, 6.07) is 10.3. The van der Waals surface area contributed by atoms with Gasteiger partial charge in [0.2, 0.25) is 0 Å². The van der Waals surface area contributed by atoms with Crippen LogP contribution < -0.4 is 5.56 Å². The quantitative estimate of drug-likeness (QED) is 0.739. The third-order valence-corrected chi connectivity index (χ3v) is 4.01. The van der Waals surface area contributed by atoms with Crippen molar-refractivity contribution < 1.29 is 0 Å². The molecule has 2 aromatic heterocycles. The van der Waals surface area contributed by atoms with Crippen LogP contribution in [-0.2, 0) is 6.42 Å². The average molecular weight is 286 g/mol. The molecule has 0 spiro atoms. The van der Waals surface area contributed by atoms with Crippen molar-refractivity contribution in [2.75, 3.05) is 0 Å². The molecule has 0 aliphatic heterocycles. The molecule has 5 nitrogen and oxygen atoms in total. The van der Waals surface area contributed by atoms with Crippen LogP contribution in [0.3, 0.4) is 0 Å². The second-order valence-corrected chi connectivity index (χ2v) is 5.49. The third-order valence-electron chi connectivity index (χ3n) is 3.38. The molecule has 2 heterocycles. The van der Waals surface area contributed by atoms with Crippen LogP contribution in [0.4, 0.5) is 0 Å². The number of aryl methyl sites for hydroxylation is 1. The minimum absolute atomic E-state index is 0.0845. The smallest absolute Gasteiger partial charge is 0.282 e. The van der Waals surface area contributed by atoms with Gasteiger partial charge >= 0.3 is 0 Å². The number of nitrogens with zero attached hydrogens (tertiary/aromatic N) is 4. The highest BCUT2D eigenvalue weighted by molar-refractivity contribution is 7.12. The second kappa shape index (κ2) is 5.50. The van der Waals surface area contributed by atoms with E-state index in [9.17, 15) is 4.79 Å². The van der Waals surface area contributed by atoms with Gasteiger partial charge in [0, 0.05) is 17.6 Å². The summed E-state index contributed by atoms with van der Waals surface area (Å²) in [4.78, 5) is 17.1. The molecule has 0 aliphatic rings. The van der Waals surface area contributed by atoms with Crippen LogP contribution in [0.5, 0.6) is 0 Å². The first-order valence-electron chi connectivity index (χ1n) is 6.49. The SMILES string of the molecule is C[C@@H](CCc1ccccc1)n1cnc2snnc2c1=O.